The van der Waals surface area contributed by atoms with Gasteiger partial charge in [0.1, 0.15) is 5.82 Å². The van der Waals surface area contributed by atoms with Crippen LogP contribution in [-0.4, -0.2) is 42.7 Å². The van der Waals surface area contributed by atoms with Crippen LogP contribution in [0.4, 0.5) is 35.4 Å². The summed E-state index contributed by atoms with van der Waals surface area (Å²) in [6.07, 6.45) is 2.63. The minimum atomic E-state index is -4.66. The molecule has 4 rings (SSSR count). The largest absolute Gasteiger partial charge is 0.418 e. The second-order valence-electron chi connectivity index (χ2n) is 9.87. The lowest BCUT2D eigenvalue weighted by Crippen LogP contribution is -2.42. The van der Waals surface area contributed by atoms with E-state index in [0.29, 0.717) is 5.95 Å². The molecule has 1 aromatic heterocycles. The molecule has 0 spiro atoms. The molecule has 1 saturated carbocycles. The highest BCUT2D eigenvalue weighted by Crippen LogP contribution is 2.39. The molecule has 1 aromatic carbocycles. The van der Waals surface area contributed by atoms with E-state index in [4.69, 9.17) is 27.3 Å². The van der Waals surface area contributed by atoms with Gasteiger partial charge in [-0.05, 0) is 75.5 Å². The average molecular weight is 525 g/mol. The molecule has 196 valence electrons. The van der Waals surface area contributed by atoms with Crippen LogP contribution < -0.4 is 20.9 Å². The van der Waals surface area contributed by atoms with Crippen LogP contribution in [0.25, 0.3) is 0 Å². The first kappa shape index (κ1) is 26.3. The van der Waals surface area contributed by atoms with Crippen molar-refractivity contribution in [2.75, 3.05) is 35.8 Å². The number of amides is 2. The standard InChI is InChI=1S/C25H32ClF3N6O/c1-34(2)22-18-5-3-4-6-20(18)32-24(33-22)31-17-10-7-15(8-11-17)14-35(23(30)36)21-12-9-16(26)13-19(21)25(27,28)29/h9,12-13,15,17H,3-8,10-11,14H2,1-2H3,(H2,30,36)(H,31,32,33). The number of alkyl halides is 3. The van der Waals surface area contributed by atoms with E-state index in [9.17, 15) is 18.0 Å². The number of fused-ring (bicyclic) bond motifs is 1. The van der Waals surface area contributed by atoms with Crippen LogP contribution in [0.15, 0.2) is 18.2 Å². The third-order valence-electron chi connectivity index (χ3n) is 7.03. The molecule has 0 atom stereocenters. The summed E-state index contributed by atoms with van der Waals surface area (Å²) < 4.78 is 40.8. The number of nitrogens with one attached hydrogen (secondary N) is 1. The van der Waals surface area contributed by atoms with E-state index in [-0.39, 0.29) is 29.2 Å². The maximum Gasteiger partial charge on any atom is 0.418 e. The summed E-state index contributed by atoms with van der Waals surface area (Å²) in [6.45, 7) is 0.118. The van der Waals surface area contributed by atoms with Gasteiger partial charge in [-0.2, -0.15) is 18.2 Å². The molecule has 0 radical (unpaired) electrons. The number of aromatic nitrogens is 2. The van der Waals surface area contributed by atoms with Gasteiger partial charge < -0.3 is 16.0 Å². The maximum absolute atomic E-state index is 13.6. The van der Waals surface area contributed by atoms with Gasteiger partial charge in [0.2, 0.25) is 5.95 Å². The summed E-state index contributed by atoms with van der Waals surface area (Å²) in [4.78, 5) is 24.8. The van der Waals surface area contributed by atoms with Crippen molar-refractivity contribution in [2.24, 2.45) is 11.7 Å². The van der Waals surface area contributed by atoms with Gasteiger partial charge in [-0.1, -0.05) is 11.6 Å². The number of carbonyl (C=O) groups is 1. The van der Waals surface area contributed by atoms with Crippen molar-refractivity contribution in [3.63, 3.8) is 0 Å². The van der Waals surface area contributed by atoms with Crippen molar-refractivity contribution in [2.45, 2.75) is 63.6 Å². The van der Waals surface area contributed by atoms with E-state index >= 15 is 0 Å². The highest BCUT2D eigenvalue weighted by molar-refractivity contribution is 6.30. The van der Waals surface area contributed by atoms with Gasteiger partial charge in [0.05, 0.1) is 16.9 Å². The Hall–Kier alpha value is -2.75. The molecule has 2 amide bonds. The number of carbonyl (C=O) groups excluding carboxylic acids is 1. The third kappa shape index (κ3) is 5.96. The van der Waals surface area contributed by atoms with Crippen molar-refractivity contribution < 1.29 is 18.0 Å². The molecule has 36 heavy (non-hydrogen) atoms. The van der Waals surface area contributed by atoms with E-state index in [0.717, 1.165) is 73.8 Å². The van der Waals surface area contributed by atoms with Crippen molar-refractivity contribution >= 4 is 35.1 Å². The second kappa shape index (κ2) is 10.7. The van der Waals surface area contributed by atoms with E-state index in [1.54, 1.807) is 0 Å². The van der Waals surface area contributed by atoms with Gasteiger partial charge >= 0.3 is 12.2 Å². The zero-order valence-corrected chi connectivity index (χ0v) is 21.3. The number of aryl methyl sites for hydroxylation is 1. The number of anilines is 3. The normalized spacial score (nSPS) is 19.9. The first-order chi connectivity index (χ1) is 17.0. The Labute approximate surface area is 214 Å². The van der Waals surface area contributed by atoms with Gasteiger partial charge in [0.15, 0.2) is 0 Å². The van der Waals surface area contributed by atoms with Crippen molar-refractivity contribution in [1.29, 1.82) is 0 Å². The summed E-state index contributed by atoms with van der Waals surface area (Å²) in [5, 5.41) is 3.42. The molecule has 7 nitrogen and oxygen atoms in total. The van der Waals surface area contributed by atoms with E-state index in [2.05, 4.69) is 5.32 Å². The molecule has 2 aromatic rings. The molecule has 0 aliphatic heterocycles. The Morgan fingerprint density at radius 2 is 1.83 bits per heavy atom. The number of nitrogens with zero attached hydrogens (tertiary/aromatic N) is 4. The lowest BCUT2D eigenvalue weighted by Gasteiger charge is -2.33. The summed E-state index contributed by atoms with van der Waals surface area (Å²) in [6, 6.07) is 2.61. The van der Waals surface area contributed by atoms with Crippen LogP contribution >= 0.6 is 11.6 Å². The fraction of sp³-hybridized carbons (Fsp3) is 0.560. The lowest BCUT2D eigenvalue weighted by atomic mass is 9.85. The zero-order valence-electron chi connectivity index (χ0n) is 20.5. The van der Waals surface area contributed by atoms with Crippen LogP contribution in [0.1, 0.15) is 55.3 Å². The molecule has 11 heteroatoms. The maximum atomic E-state index is 13.6. The van der Waals surface area contributed by atoms with Crippen LogP contribution in [0, 0.1) is 5.92 Å². The summed E-state index contributed by atoms with van der Waals surface area (Å²) in [7, 11) is 3.98. The van der Waals surface area contributed by atoms with Gasteiger partial charge in [-0.15, -0.1) is 0 Å². The fourth-order valence-electron chi connectivity index (χ4n) is 5.22. The van der Waals surface area contributed by atoms with E-state index in [1.807, 2.05) is 19.0 Å². The predicted molar refractivity (Wildman–Crippen MR) is 136 cm³/mol. The number of benzene rings is 1. The quantitative estimate of drug-likeness (QED) is 0.510. The minimum Gasteiger partial charge on any atom is -0.362 e. The Kier molecular flexibility index (Phi) is 7.82. The molecule has 0 unspecified atom stereocenters. The number of halogens is 4. The molecule has 3 N–H and O–H groups in total. The topological polar surface area (TPSA) is 87.4 Å². The summed E-state index contributed by atoms with van der Waals surface area (Å²) in [5.74, 6) is 1.60. The first-order valence-corrected chi connectivity index (χ1v) is 12.7. The number of rotatable bonds is 6. The Balaban J connectivity index is 1.43. The van der Waals surface area contributed by atoms with Crippen LogP contribution in [0.5, 0.6) is 0 Å². The molecule has 2 aliphatic rings. The highest BCUT2D eigenvalue weighted by atomic mass is 35.5. The highest BCUT2D eigenvalue weighted by Gasteiger charge is 2.37. The number of primary amides is 1. The Morgan fingerprint density at radius 3 is 2.47 bits per heavy atom. The molecule has 2 aliphatic carbocycles. The van der Waals surface area contributed by atoms with Crippen LogP contribution in [0.2, 0.25) is 5.02 Å². The van der Waals surface area contributed by atoms with Crippen molar-refractivity contribution in [3.05, 3.63) is 40.0 Å². The van der Waals surface area contributed by atoms with Crippen molar-refractivity contribution in [3.8, 4) is 0 Å². The number of hydrogen-bond acceptors (Lipinski definition) is 5. The van der Waals surface area contributed by atoms with E-state index < -0.39 is 17.8 Å². The predicted octanol–water partition coefficient (Wildman–Crippen LogP) is 5.65. The Morgan fingerprint density at radius 1 is 1.14 bits per heavy atom. The SMILES string of the molecule is CN(C)c1nc(NC2CCC(CN(C(N)=O)c3ccc(Cl)cc3C(F)(F)F)CC2)nc2c1CCCC2. The number of urea groups is 1. The molecule has 1 heterocycles. The van der Waals surface area contributed by atoms with Crippen LogP contribution in [-0.2, 0) is 19.0 Å². The van der Waals surface area contributed by atoms with Gasteiger partial charge in [-0.25, -0.2) is 9.78 Å². The molecule has 1 fully saturated rings. The molecule has 0 saturated heterocycles. The van der Waals surface area contributed by atoms with Gasteiger partial charge in [-0.3, -0.25) is 4.90 Å². The smallest absolute Gasteiger partial charge is 0.362 e. The van der Waals surface area contributed by atoms with Gasteiger partial charge in [0.25, 0.3) is 0 Å². The number of nitrogens with two attached hydrogens (primary N) is 1. The molecular weight excluding hydrogens is 493 g/mol. The van der Waals surface area contributed by atoms with Crippen molar-refractivity contribution in [1.82, 2.24) is 9.97 Å². The summed E-state index contributed by atoms with van der Waals surface area (Å²) >= 11 is 5.79. The monoisotopic (exact) mass is 524 g/mol. The second-order valence-corrected chi connectivity index (χ2v) is 10.3. The first-order valence-electron chi connectivity index (χ1n) is 12.3. The summed E-state index contributed by atoms with van der Waals surface area (Å²) in [5.41, 5.74) is 6.62. The third-order valence-corrected chi connectivity index (χ3v) is 7.26. The lowest BCUT2D eigenvalue weighted by molar-refractivity contribution is -0.137. The van der Waals surface area contributed by atoms with Gasteiger partial charge in [0, 0.05) is 37.3 Å². The number of hydrogen-bond donors (Lipinski definition) is 2. The molecular formula is C25H32ClF3N6O. The fourth-order valence-corrected chi connectivity index (χ4v) is 5.39. The average Bonchev–Trinajstić information content (AvgIpc) is 2.82. The molecule has 0 bridgehead atoms. The zero-order chi connectivity index (χ0) is 26.0. The minimum absolute atomic E-state index is 0.0223. The van der Waals surface area contributed by atoms with E-state index in [1.165, 1.54) is 17.7 Å². The van der Waals surface area contributed by atoms with Crippen LogP contribution in [0.3, 0.4) is 0 Å². The Bertz CT molecular complexity index is 1100.